The van der Waals surface area contributed by atoms with Crippen molar-refractivity contribution in [3.8, 4) is 5.69 Å². The van der Waals surface area contributed by atoms with Gasteiger partial charge in [-0.1, -0.05) is 6.07 Å². The first-order valence-corrected chi connectivity index (χ1v) is 7.35. The number of ether oxygens (including phenoxy) is 1. The molecule has 0 aliphatic rings. The molecule has 0 aliphatic carbocycles. The van der Waals surface area contributed by atoms with E-state index < -0.39 is 0 Å². The largest absolute Gasteiger partial charge is 0.466 e. The number of carbonyl (C=O) groups excluding carboxylic acids is 2. The molecule has 0 bridgehead atoms. The molecule has 1 aromatic carbocycles. The molecule has 0 aliphatic heterocycles. The Morgan fingerprint density at radius 2 is 2.17 bits per heavy atom. The summed E-state index contributed by atoms with van der Waals surface area (Å²) in [5, 5.41) is 6.79. The average Bonchev–Trinajstić information content (AvgIpc) is 3.02. The summed E-state index contributed by atoms with van der Waals surface area (Å²) in [6.07, 6.45) is 2.34. The second kappa shape index (κ2) is 8.07. The standard InChI is InChI=1S/C16H18FN3O3/c1-2-23-15(21)7-4-9-18-16(22)14-8-10-20(19-14)13-6-3-5-12(17)11-13/h3,5-6,8,10-11H,2,4,7,9H2,1H3,(H,18,22). The Morgan fingerprint density at radius 3 is 2.91 bits per heavy atom. The van der Waals surface area contributed by atoms with Gasteiger partial charge in [0.15, 0.2) is 5.69 Å². The topological polar surface area (TPSA) is 73.2 Å². The number of aromatic nitrogens is 2. The van der Waals surface area contributed by atoms with Gasteiger partial charge in [-0.3, -0.25) is 9.59 Å². The normalized spacial score (nSPS) is 10.3. The molecule has 2 rings (SSSR count). The van der Waals surface area contributed by atoms with E-state index in [9.17, 15) is 14.0 Å². The Kier molecular flexibility index (Phi) is 5.85. The summed E-state index contributed by atoms with van der Waals surface area (Å²) in [5.41, 5.74) is 0.761. The van der Waals surface area contributed by atoms with Crippen LogP contribution in [0.25, 0.3) is 5.69 Å². The molecule has 2 aromatic rings. The van der Waals surface area contributed by atoms with Gasteiger partial charge in [-0.2, -0.15) is 5.10 Å². The molecule has 122 valence electrons. The highest BCUT2D eigenvalue weighted by Crippen LogP contribution is 2.09. The zero-order chi connectivity index (χ0) is 16.7. The Balaban J connectivity index is 1.85. The van der Waals surface area contributed by atoms with Crippen LogP contribution in [-0.4, -0.2) is 34.8 Å². The minimum absolute atomic E-state index is 0.227. The number of rotatable bonds is 7. The second-order valence-corrected chi connectivity index (χ2v) is 4.79. The number of esters is 1. The first kappa shape index (κ1) is 16.7. The number of hydrogen-bond acceptors (Lipinski definition) is 4. The molecule has 0 radical (unpaired) electrons. The Hall–Kier alpha value is -2.70. The molecule has 0 unspecified atom stereocenters. The second-order valence-electron chi connectivity index (χ2n) is 4.79. The summed E-state index contributed by atoms with van der Waals surface area (Å²) in [6.45, 7) is 2.45. The highest BCUT2D eigenvalue weighted by atomic mass is 19.1. The SMILES string of the molecule is CCOC(=O)CCCNC(=O)c1ccn(-c2cccc(F)c2)n1. The molecule has 0 spiro atoms. The van der Waals surface area contributed by atoms with Crippen molar-refractivity contribution in [3.63, 3.8) is 0 Å². The van der Waals surface area contributed by atoms with Crippen molar-refractivity contribution < 1.29 is 18.7 Å². The molecular weight excluding hydrogens is 301 g/mol. The number of amides is 1. The lowest BCUT2D eigenvalue weighted by Gasteiger charge is -2.04. The zero-order valence-electron chi connectivity index (χ0n) is 12.8. The maximum Gasteiger partial charge on any atom is 0.305 e. The predicted molar refractivity (Wildman–Crippen MR) is 81.7 cm³/mol. The van der Waals surface area contributed by atoms with Crippen LogP contribution in [0.2, 0.25) is 0 Å². The summed E-state index contributed by atoms with van der Waals surface area (Å²) in [7, 11) is 0. The van der Waals surface area contributed by atoms with Gasteiger partial charge in [-0.15, -0.1) is 0 Å². The van der Waals surface area contributed by atoms with Crippen molar-refractivity contribution in [1.29, 1.82) is 0 Å². The molecule has 7 heteroatoms. The van der Waals surface area contributed by atoms with Crippen LogP contribution in [0.5, 0.6) is 0 Å². The van der Waals surface area contributed by atoms with Gasteiger partial charge in [-0.05, 0) is 37.6 Å². The Bertz CT molecular complexity index is 685. The third-order valence-electron chi connectivity index (χ3n) is 3.04. The fourth-order valence-electron chi connectivity index (χ4n) is 1.97. The van der Waals surface area contributed by atoms with Crippen LogP contribution in [0.4, 0.5) is 4.39 Å². The summed E-state index contributed by atoms with van der Waals surface area (Å²) in [5.74, 6) is -0.996. The van der Waals surface area contributed by atoms with E-state index in [0.29, 0.717) is 25.3 Å². The van der Waals surface area contributed by atoms with Gasteiger partial charge in [0.1, 0.15) is 5.82 Å². The fraction of sp³-hybridized carbons (Fsp3) is 0.312. The van der Waals surface area contributed by atoms with Gasteiger partial charge in [0.05, 0.1) is 12.3 Å². The molecule has 1 amide bonds. The molecule has 0 saturated carbocycles. The van der Waals surface area contributed by atoms with Crippen LogP contribution in [-0.2, 0) is 9.53 Å². The lowest BCUT2D eigenvalue weighted by molar-refractivity contribution is -0.143. The van der Waals surface area contributed by atoms with E-state index in [2.05, 4.69) is 10.4 Å². The lowest BCUT2D eigenvalue weighted by Crippen LogP contribution is -2.25. The van der Waals surface area contributed by atoms with Crippen LogP contribution < -0.4 is 5.32 Å². The highest BCUT2D eigenvalue weighted by molar-refractivity contribution is 5.92. The van der Waals surface area contributed by atoms with E-state index in [4.69, 9.17) is 4.74 Å². The third kappa shape index (κ3) is 4.91. The Morgan fingerprint density at radius 1 is 1.35 bits per heavy atom. The van der Waals surface area contributed by atoms with E-state index in [1.54, 1.807) is 31.3 Å². The monoisotopic (exact) mass is 319 g/mol. The third-order valence-corrected chi connectivity index (χ3v) is 3.04. The smallest absolute Gasteiger partial charge is 0.305 e. The summed E-state index contributed by atoms with van der Waals surface area (Å²) < 4.78 is 19.4. The van der Waals surface area contributed by atoms with Crippen molar-refractivity contribution >= 4 is 11.9 Å². The van der Waals surface area contributed by atoms with Crippen molar-refractivity contribution in [2.24, 2.45) is 0 Å². The summed E-state index contributed by atoms with van der Waals surface area (Å²) in [6, 6.07) is 7.47. The van der Waals surface area contributed by atoms with Gasteiger partial charge in [0, 0.05) is 19.2 Å². The van der Waals surface area contributed by atoms with E-state index in [0.717, 1.165) is 0 Å². The van der Waals surface area contributed by atoms with Crippen molar-refractivity contribution in [2.75, 3.05) is 13.2 Å². The predicted octanol–water partition coefficient (Wildman–Crippen LogP) is 2.08. The summed E-state index contributed by atoms with van der Waals surface area (Å²) >= 11 is 0. The fourth-order valence-corrected chi connectivity index (χ4v) is 1.97. The average molecular weight is 319 g/mol. The quantitative estimate of drug-likeness (QED) is 0.626. The van der Waals surface area contributed by atoms with Crippen molar-refractivity contribution in [3.05, 3.63) is 48.0 Å². The first-order chi connectivity index (χ1) is 11.1. The minimum Gasteiger partial charge on any atom is -0.466 e. The molecule has 23 heavy (non-hydrogen) atoms. The van der Waals surface area contributed by atoms with Gasteiger partial charge in [0.25, 0.3) is 5.91 Å². The number of nitrogens with one attached hydrogen (secondary N) is 1. The van der Waals surface area contributed by atoms with Gasteiger partial charge < -0.3 is 10.1 Å². The highest BCUT2D eigenvalue weighted by Gasteiger charge is 2.10. The van der Waals surface area contributed by atoms with Crippen molar-refractivity contribution in [1.82, 2.24) is 15.1 Å². The molecule has 1 aromatic heterocycles. The molecule has 0 atom stereocenters. The maximum absolute atomic E-state index is 13.2. The molecule has 0 fully saturated rings. The molecule has 6 nitrogen and oxygen atoms in total. The van der Waals surface area contributed by atoms with E-state index in [1.165, 1.54) is 16.8 Å². The molecular formula is C16H18FN3O3. The zero-order valence-corrected chi connectivity index (χ0v) is 12.8. The number of nitrogens with zero attached hydrogens (tertiary/aromatic N) is 2. The van der Waals surface area contributed by atoms with E-state index >= 15 is 0 Å². The maximum atomic E-state index is 13.2. The Labute approximate surface area is 133 Å². The first-order valence-electron chi connectivity index (χ1n) is 7.35. The van der Waals surface area contributed by atoms with Crippen molar-refractivity contribution in [2.45, 2.75) is 19.8 Å². The van der Waals surface area contributed by atoms with E-state index in [-0.39, 0.29) is 29.8 Å². The number of hydrogen-bond donors (Lipinski definition) is 1. The van der Waals surface area contributed by atoms with Crippen LogP contribution in [0.1, 0.15) is 30.3 Å². The number of carbonyl (C=O) groups is 2. The van der Waals surface area contributed by atoms with Crippen LogP contribution in [0, 0.1) is 5.82 Å². The van der Waals surface area contributed by atoms with Gasteiger partial charge >= 0.3 is 5.97 Å². The minimum atomic E-state index is -0.372. The molecule has 1 heterocycles. The lowest BCUT2D eigenvalue weighted by atomic mass is 10.3. The number of benzene rings is 1. The molecule has 1 N–H and O–H groups in total. The van der Waals surface area contributed by atoms with Crippen LogP contribution in [0.3, 0.4) is 0 Å². The summed E-state index contributed by atoms with van der Waals surface area (Å²) in [4.78, 5) is 23.1. The van der Waals surface area contributed by atoms with Crippen LogP contribution >= 0.6 is 0 Å². The van der Waals surface area contributed by atoms with Crippen LogP contribution in [0.15, 0.2) is 36.5 Å². The van der Waals surface area contributed by atoms with Gasteiger partial charge in [0.2, 0.25) is 0 Å². The van der Waals surface area contributed by atoms with E-state index in [1.807, 2.05) is 0 Å². The number of halogens is 1. The van der Waals surface area contributed by atoms with Gasteiger partial charge in [-0.25, -0.2) is 9.07 Å². The molecule has 0 saturated heterocycles.